The average molecular weight is 319 g/mol. The molecule has 0 aliphatic carbocycles. The van der Waals surface area contributed by atoms with E-state index in [1.54, 1.807) is 0 Å². The number of rotatable bonds is 14. The molecule has 0 bridgehead atoms. The lowest BCUT2D eigenvalue weighted by Crippen LogP contribution is -2.14. The molecule has 0 N–H and O–H groups in total. The van der Waals surface area contributed by atoms with Crippen molar-refractivity contribution in [3.63, 3.8) is 0 Å². The molecule has 0 saturated carbocycles. The van der Waals surface area contributed by atoms with Crippen LogP contribution in [0.2, 0.25) is 0 Å². The standard InChI is InChI=1S/C18H38S2/c1-6-8-10-12-14-18(15-13-11-9-7-2)17(5)20-19-16(3)4/h16-18H,6-15H2,1-5H3/t17-/m1/s1. The van der Waals surface area contributed by atoms with Crippen LogP contribution in [0.4, 0.5) is 0 Å². The van der Waals surface area contributed by atoms with Gasteiger partial charge in [-0.05, 0) is 18.8 Å². The van der Waals surface area contributed by atoms with Crippen LogP contribution in [0.1, 0.15) is 98.8 Å². The van der Waals surface area contributed by atoms with Gasteiger partial charge in [-0.2, -0.15) is 0 Å². The molecule has 0 aliphatic heterocycles. The van der Waals surface area contributed by atoms with E-state index >= 15 is 0 Å². The number of hydrogen-bond donors (Lipinski definition) is 0. The lowest BCUT2D eigenvalue weighted by Gasteiger charge is -2.24. The van der Waals surface area contributed by atoms with Crippen molar-refractivity contribution in [3.05, 3.63) is 0 Å². The van der Waals surface area contributed by atoms with Crippen LogP contribution < -0.4 is 0 Å². The van der Waals surface area contributed by atoms with E-state index in [0.29, 0.717) is 0 Å². The average Bonchev–Trinajstić information content (AvgIpc) is 2.43. The van der Waals surface area contributed by atoms with Crippen LogP contribution in [0.25, 0.3) is 0 Å². The topological polar surface area (TPSA) is 0 Å². The molecular weight excluding hydrogens is 280 g/mol. The fourth-order valence-corrected chi connectivity index (χ4v) is 5.05. The van der Waals surface area contributed by atoms with Crippen molar-refractivity contribution in [2.75, 3.05) is 0 Å². The first-order valence-electron chi connectivity index (χ1n) is 8.93. The van der Waals surface area contributed by atoms with Gasteiger partial charge in [-0.1, -0.05) is 108 Å². The first-order chi connectivity index (χ1) is 9.61. The van der Waals surface area contributed by atoms with Crippen LogP contribution in [0.5, 0.6) is 0 Å². The van der Waals surface area contributed by atoms with Crippen molar-refractivity contribution in [2.45, 2.75) is 109 Å². The predicted octanol–water partition coefficient (Wildman–Crippen LogP) is 7.72. The Hall–Kier alpha value is 0.700. The minimum absolute atomic E-state index is 0.753. The van der Waals surface area contributed by atoms with Crippen molar-refractivity contribution in [2.24, 2.45) is 5.92 Å². The highest BCUT2D eigenvalue weighted by atomic mass is 33.1. The third-order valence-electron chi connectivity index (χ3n) is 3.92. The normalized spacial score (nSPS) is 13.3. The largest absolute Gasteiger partial charge is 0.0910 e. The SMILES string of the molecule is CCCCCCC(CCCCCC)[C@@H](C)SSC(C)C. The maximum Gasteiger partial charge on any atom is 0.0151 e. The molecule has 0 aromatic rings. The molecule has 2 heteroatoms. The van der Waals surface area contributed by atoms with Crippen LogP contribution in [0.15, 0.2) is 0 Å². The second kappa shape index (κ2) is 14.6. The van der Waals surface area contributed by atoms with Crippen LogP contribution >= 0.6 is 21.6 Å². The quantitative estimate of drug-likeness (QED) is 0.237. The van der Waals surface area contributed by atoms with E-state index in [2.05, 4.69) is 56.2 Å². The minimum Gasteiger partial charge on any atom is -0.0910 e. The summed E-state index contributed by atoms with van der Waals surface area (Å²) in [7, 11) is 4.21. The van der Waals surface area contributed by atoms with Gasteiger partial charge in [0.05, 0.1) is 0 Å². The molecule has 0 unspecified atom stereocenters. The third-order valence-corrected chi connectivity index (χ3v) is 7.50. The minimum atomic E-state index is 0.753. The molecule has 0 spiro atoms. The molecule has 0 rings (SSSR count). The van der Waals surface area contributed by atoms with E-state index in [1.807, 2.05) is 0 Å². The maximum atomic E-state index is 2.46. The Labute approximate surface area is 137 Å². The van der Waals surface area contributed by atoms with Crippen LogP contribution in [-0.4, -0.2) is 10.5 Å². The van der Waals surface area contributed by atoms with E-state index in [0.717, 1.165) is 16.4 Å². The first kappa shape index (κ1) is 20.7. The second-order valence-corrected chi connectivity index (χ2v) is 9.63. The Morgan fingerprint density at radius 2 is 1.15 bits per heavy atom. The highest BCUT2D eigenvalue weighted by Crippen LogP contribution is 2.37. The highest BCUT2D eigenvalue weighted by molar-refractivity contribution is 8.77. The van der Waals surface area contributed by atoms with Gasteiger partial charge in [0.2, 0.25) is 0 Å². The van der Waals surface area contributed by atoms with Crippen LogP contribution in [0.3, 0.4) is 0 Å². The lowest BCUT2D eigenvalue weighted by molar-refractivity contribution is 0.404. The summed E-state index contributed by atoms with van der Waals surface area (Å²) in [5.74, 6) is 0.944. The van der Waals surface area contributed by atoms with Gasteiger partial charge in [0.25, 0.3) is 0 Å². The van der Waals surface area contributed by atoms with Gasteiger partial charge in [-0.25, -0.2) is 0 Å². The molecule has 1 atom stereocenters. The Bertz CT molecular complexity index is 180. The zero-order chi connectivity index (χ0) is 15.2. The molecular formula is C18H38S2. The number of unbranched alkanes of at least 4 members (excludes halogenated alkanes) is 6. The van der Waals surface area contributed by atoms with Crippen molar-refractivity contribution < 1.29 is 0 Å². The Kier molecular flexibility index (Phi) is 15.1. The Morgan fingerprint density at radius 3 is 1.55 bits per heavy atom. The van der Waals surface area contributed by atoms with Gasteiger partial charge >= 0.3 is 0 Å². The summed E-state index contributed by atoms with van der Waals surface area (Å²) in [5.41, 5.74) is 0. The summed E-state index contributed by atoms with van der Waals surface area (Å²) in [4.78, 5) is 0. The van der Waals surface area contributed by atoms with E-state index < -0.39 is 0 Å². The van der Waals surface area contributed by atoms with Crippen LogP contribution in [0, 0.1) is 5.92 Å². The highest BCUT2D eigenvalue weighted by Gasteiger charge is 2.18. The van der Waals surface area contributed by atoms with Crippen molar-refractivity contribution in [1.82, 2.24) is 0 Å². The molecule has 0 saturated heterocycles. The van der Waals surface area contributed by atoms with Crippen molar-refractivity contribution >= 4 is 21.6 Å². The van der Waals surface area contributed by atoms with Gasteiger partial charge in [0, 0.05) is 10.5 Å². The Morgan fingerprint density at radius 1 is 0.650 bits per heavy atom. The zero-order valence-electron chi connectivity index (χ0n) is 14.6. The van der Waals surface area contributed by atoms with Gasteiger partial charge in [0.15, 0.2) is 0 Å². The number of hydrogen-bond acceptors (Lipinski definition) is 2. The van der Waals surface area contributed by atoms with E-state index in [9.17, 15) is 0 Å². The molecule has 20 heavy (non-hydrogen) atoms. The predicted molar refractivity (Wildman–Crippen MR) is 101 cm³/mol. The third kappa shape index (κ3) is 12.4. The summed E-state index contributed by atoms with van der Waals surface area (Å²) < 4.78 is 0. The molecule has 0 aromatic carbocycles. The molecule has 0 nitrogen and oxygen atoms in total. The second-order valence-electron chi connectivity index (χ2n) is 6.41. The summed E-state index contributed by atoms with van der Waals surface area (Å²) in [6.07, 6.45) is 14.2. The van der Waals surface area contributed by atoms with E-state index in [-0.39, 0.29) is 0 Å². The smallest absolute Gasteiger partial charge is 0.0151 e. The summed E-state index contributed by atoms with van der Waals surface area (Å²) in [5, 5.41) is 1.58. The van der Waals surface area contributed by atoms with Crippen LogP contribution in [-0.2, 0) is 0 Å². The van der Waals surface area contributed by atoms with Gasteiger partial charge < -0.3 is 0 Å². The molecule has 0 fully saturated rings. The van der Waals surface area contributed by atoms with Gasteiger partial charge in [0.1, 0.15) is 0 Å². The van der Waals surface area contributed by atoms with Gasteiger partial charge in [-0.15, -0.1) is 0 Å². The summed E-state index contributed by atoms with van der Waals surface area (Å²) in [6, 6.07) is 0. The van der Waals surface area contributed by atoms with Gasteiger partial charge in [-0.3, -0.25) is 0 Å². The van der Waals surface area contributed by atoms with Crippen molar-refractivity contribution in [1.29, 1.82) is 0 Å². The summed E-state index contributed by atoms with van der Waals surface area (Å²) >= 11 is 0. The fraction of sp³-hybridized carbons (Fsp3) is 1.00. The fourth-order valence-electron chi connectivity index (χ4n) is 2.56. The molecule has 0 aliphatic rings. The summed E-state index contributed by atoms with van der Waals surface area (Å²) in [6.45, 7) is 11.7. The van der Waals surface area contributed by atoms with E-state index in [4.69, 9.17) is 0 Å². The molecule has 0 amide bonds. The zero-order valence-corrected chi connectivity index (χ0v) is 16.3. The maximum absolute atomic E-state index is 2.46. The monoisotopic (exact) mass is 318 g/mol. The molecule has 122 valence electrons. The molecule has 0 radical (unpaired) electrons. The lowest BCUT2D eigenvalue weighted by atomic mass is 9.92. The van der Waals surface area contributed by atoms with E-state index in [1.165, 1.54) is 64.2 Å². The molecule has 0 heterocycles. The molecule has 0 aromatic heterocycles. The first-order valence-corrected chi connectivity index (χ1v) is 11.2. The van der Waals surface area contributed by atoms with Crippen molar-refractivity contribution in [3.8, 4) is 0 Å². The Balaban J connectivity index is 4.00.